The zero-order valence-corrected chi connectivity index (χ0v) is 9.63. The predicted octanol–water partition coefficient (Wildman–Crippen LogP) is 3.57. The van der Waals surface area contributed by atoms with Crippen molar-refractivity contribution < 1.29 is 9.84 Å². The van der Waals surface area contributed by atoms with E-state index in [2.05, 4.69) is 0 Å². The second-order valence-corrected chi connectivity index (χ2v) is 3.67. The zero-order chi connectivity index (χ0) is 12.1. The molecule has 0 bridgehead atoms. The molecule has 0 aliphatic carbocycles. The molecule has 0 fully saturated rings. The molecular formula is C15H14O2. The molecule has 0 spiro atoms. The van der Waals surface area contributed by atoms with Crippen LogP contribution in [0.3, 0.4) is 0 Å². The molecule has 0 atom stereocenters. The summed E-state index contributed by atoms with van der Waals surface area (Å²) in [6.07, 6.45) is 3.82. The first-order valence-corrected chi connectivity index (χ1v) is 5.40. The Hall–Kier alpha value is -2.22. The van der Waals surface area contributed by atoms with Gasteiger partial charge < -0.3 is 9.84 Å². The van der Waals surface area contributed by atoms with Gasteiger partial charge in [-0.15, -0.1) is 0 Å². The van der Waals surface area contributed by atoms with Crippen molar-refractivity contribution >= 4 is 12.2 Å². The number of phenolic OH excluding ortho intramolecular Hbond substituents is 1. The Balaban J connectivity index is 2.23. The van der Waals surface area contributed by atoms with E-state index in [0.717, 1.165) is 16.9 Å². The summed E-state index contributed by atoms with van der Waals surface area (Å²) in [5, 5.41) is 9.61. The van der Waals surface area contributed by atoms with Gasteiger partial charge in [-0.1, -0.05) is 42.5 Å². The Morgan fingerprint density at radius 2 is 1.82 bits per heavy atom. The summed E-state index contributed by atoms with van der Waals surface area (Å²) in [7, 11) is 1.64. The minimum Gasteiger partial charge on any atom is -0.507 e. The third-order valence-corrected chi connectivity index (χ3v) is 2.49. The highest BCUT2D eigenvalue weighted by Gasteiger charge is 1.95. The van der Waals surface area contributed by atoms with Gasteiger partial charge in [-0.05, 0) is 23.8 Å². The Morgan fingerprint density at radius 3 is 2.59 bits per heavy atom. The minimum absolute atomic E-state index is 0.284. The van der Waals surface area contributed by atoms with Gasteiger partial charge in [-0.2, -0.15) is 0 Å². The fourth-order valence-electron chi connectivity index (χ4n) is 1.56. The average molecular weight is 226 g/mol. The molecule has 0 unspecified atom stereocenters. The maximum Gasteiger partial charge on any atom is 0.122 e. The minimum atomic E-state index is 0.284. The van der Waals surface area contributed by atoms with E-state index in [1.165, 1.54) is 0 Å². The maximum atomic E-state index is 9.61. The summed E-state index contributed by atoms with van der Waals surface area (Å²) < 4.78 is 5.15. The molecule has 2 aromatic carbocycles. The number of para-hydroxylation sites is 1. The van der Waals surface area contributed by atoms with Gasteiger partial charge in [0.15, 0.2) is 0 Å². The quantitative estimate of drug-likeness (QED) is 0.811. The Morgan fingerprint density at radius 1 is 1.00 bits per heavy atom. The van der Waals surface area contributed by atoms with E-state index in [-0.39, 0.29) is 5.75 Å². The lowest BCUT2D eigenvalue weighted by Crippen LogP contribution is -1.82. The van der Waals surface area contributed by atoms with Crippen molar-refractivity contribution in [2.24, 2.45) is 0 Å². The monoisotopic (exact) mass is 226 g/mol. The summed E-state index contributed by atoms with van der Waals surface area (Å²) in [4.78, 5) is 0. The van der Waals surface area contributed by atoms with Gasteiger partial charge in [0.2, 0.25) is 0 Å². The molecule has 0 aliphatic rings. The van der Waals surface area contributed by atoms with E-state index >= 15 is 0 Å². The molecule has 0 aliphatic heterocycles. The molecule has 0 saturated carbocycles. The number of hydrogen-bond acceptors (Lipinski definition) is 2. The molecule has 1 N–H and O–H groups in total. The van der Waals surface area contributed by atoms with Crippen LogP contribution in [0.25, 0.3) is 12.2 Å². The van der Waals surface area contributed by atoms with Crippen molar-refractivity contribution in [2.45, 2.75) is 0 Å². The fraction of sp³-hybridized carbons (Fsp3) is 0.0667. The van der Waals surface area contributed by atoms with Gasteiger partial charge in [0.25, 0.3) is 0 Å². The summed E-state index contributed by atoms with van der Waals surface area (Å²) >= 11 is 0. The van der Waals surface area contributed by atoms with E-state index < -0.39 is 0 Å². The molecule has 0 saturated heterocycles. The van der Waals surface area contributed by atoms with Crippen LogP contribution < -0.4 is 4.74 Å². The summed E-state index contributed by atoms with van der Waals surface area (Å²) in [5.74, 6) is 1.11. The number of hydrogen-bond donors (Lipinski definition) is 1. The Bertz CT molecular complexity index is 530. The zero-order valence-electron chi connectivity index (χ0n) is 9.63. The van der Waals surface area contributed by atoms with Gasteiger partial charge >= 0.3 is 0 Å². The molecule has 0 amide bonds. The van der Waals surface area contributed by atoms with Gasteiger partial charge in [0.1, 0.15) is 11.5 Å². The lowest BCUT2D eigenvalue weighted by molar-refractivity contribution is 0.414. The van der Waals surface area contributed by atoms with Crippen LogP contribution in [0.2, 0.25) is 0 Å². The second-order valence-electron chi connectivity index (χ2n) is 3.67. The molecule has 2 rings (SSSR count). The topological polar surface area (TPSA) is 29.5 Å². The van der Waals surface area contributed by atoms with Crippen molar-refractivity contribution in [1.29, 1.82) is 0 Å². The van der Waals surface area contributed by atoms with Crippen molar-refractivity contribution in [3.8, 4) is 11.5 Å². The molecule has 0 radical (unpaired) electrons. The fourth-order valence-corrected chi connectivity index (χ4v) is 1.56. The molecule has 2 heteroatoms. The summed E-state index contributed by atoms with van der Waals surface area (Å²) in [6.45, 7) is 0. The molecular weight excluding hydrogens is 212 g/mol. The highest BCUT2D eigenvalue weighted by molar-refractivity contribution is 5.72. The molecule has 0 heterocycles. The van der Waals surface area contributed by atoms with Gasteiger partial charge in [0, 0.05) is 5.56 Å². The third-order valence-electron chi connectivity index (χ3n) is 2.49. The standard InChI is InChI=1S/C15H14O2/c1-17-14-7-4-5-12(11-14)9-10-13-6-2-3-8-15(13)16/h2-11,16H,1H3/b10-9-. The van der Waals surface area contributed by atoms with E-state index in [9.17, 15) is 5.11 Å². The van der Waals surface area contributed by atoms with E-state index in [1.54, 1.807) is 19.2 Å². The van der Waals surface area contributed by atoms with Crippen LogP contribution in [0.5, 0.6) is 11.5 Å². The van der Waals surface area contributed by atoms with Crippen LogP contribution in [0.4, 0.5) is 0 Å². The summed E-state index contributed by atoms with van der Waals surface area (Å²) in [6, 6.07) is 15.0. The lowest BCUT2D eigenvalue weighted by Gasteiger charge is -2.00. The number of methoxy groups -OCH3 is 1. The van der Waals surface area contributed by atoms with Crippen molar-refractivity contribution in [3.63, 3.8) is 0 Å². The SMILES string of the molecule is COc1cccc(/C=C\c2ccccc2O)c1. The number of rotatable bonds is 3. The normalized spacial score (nSPS) is 10.6. The number of ether oxygens (including phenoxy) is 1. The largest absolute Gasteiger partial charge is 0.507 e. The number of aromatic hydroxyl groups is 1. The predicted molar refractivity (Wildman–Crippen MR) is 70.0 cm³/mol. The Labute approximate surface area is 101 Å². The number of benzene rings is 2. The van der Waals surface area contributed by atoms with E-state index in [0.29, 0.717) is 0 Å². The van der Waals surface area contributed by atoms with E-state index in [1.807, 2.05) is 48.6 Å². The van der Waals surface area contributed by atoms with Crippen molar-refractivity contribution in [3.05, 3.63) is 59.7 Å². The van der Waals surface area contributed by atoms with Crippen LogP contribution in [0, 0.1) is 0 Å². The lowest BCUT2D eigenvalue weighted by atomic mass is 10.1. The van der Waals surface area contributed by atoms with Crippen LogP contribution in [0.15, 0.2) is 48.5 Å². The first kappa shape index (κ1) is 11.3. The van der Waals surface area contributed by atoms with Crippen LogP contribution in [-0.4, -0.2) is 12.2 Å². The molecule has 0 aromatic heterocycles. The van der Waals surface area contributed by atoms with E-state index in [4.69, 9.17) is 4.74 Å². The maximum absolute atomic E-state index is 9.61. The van der Waals surface area contributed by atoms with Crippen LogP contribution >= 0.6 is 0 Å². The highest BCUT2D eigenvalue weighted by Crippen LogP contribution is 2.20. The van der Waals surface area contributed by atoms with Gasteiger partial charge in [-0.25, -0.2) is 0 Å². The number of phenols is 1. The average Bonchev–Trinajstić information content (AvgIpc) is 2.38. The molecule has 2 aromatic rings. The smallest absolute Gasteiger partial charge is 0.122 e. The van der Waals surface area contributed by atoms with Gasteiger partial charge in [-0.3, -0.25) is 0 Å². The molecule has 86 valence electrons. The van der Waals surface area contributed by atoms with Gasteiger partial charge in [0.05, 0.1) is 7.11 Å². The Kier molecular flexibility index (Phi) is 3.46. The van der Waals surface area contributed by atoms with Crippen molar-refractivity contribution in [1.82, 2.24) is 0 Å². The molecule has 2 nitrogen and oxygen atoms in total. The molecule has 17 heavy (non-hydrogen) atoms. The summed E-state index contributed by atoms with van der Waals surface area (Å²) in [5.41, 5.74) is 1.84. The highest BCUT2D eigenvalue weighted by atomic mass is 16.5. The van der Waals surface area contributed by atoms with Crippen LogP contribution in [0.1, 0.15) is 11.1 Å². The first-order chi connectivity index (χ1) is 8.29. The van der Waals surface area contributed by atoms with Crippen molar-refractivity contribution in [2.75, 3.05) is 7.11 Å². The van der Waals surface area contributed by atoms with Crippen LogP contribution in [-0.2, 0) is 0 Å². The third kappa shape index (κ3) is 2.88. The second kappa shape index (κ2) is 5.21. The first-order valence-electron chi connectivity index (χ1n) is 5.40.